The third-order valence-corrected chi connectivity index (χ3v) is 10.2. The molecule has 0 aromatic carbocycles. The molecule has 18 nitrogen and oxygen atoms in total. The van der Waals surface area contributed by atoms with Crippen LogP contribution < -0.4 is 11.5 Å². The molecule has 2 saturated heterocycles. The van der Waals surface area contributed by atoms with E-state index in [1.807, 2.05) is 0 Å². The van der Waals surface area contributed by atoms with Gasteiger partial charge < -0.3 is 30.6 Å². The Hall–Kier alpha value is -2.35. The number of fused-ring (bicyclic) bond motifs is 4. The van der Waals surface area contributed by atoms with Gasteiger partial charge in [0.25, 0.3) is 0 Å². The number of hydrogen-bond acceptors (Lipinski definition) is 16. The first-order valence-corrected chi connectivity index (χ1v) is 18.0. The highest BCUT2D eigenvalue weighted by Gasteiger charge is 2.50. The molecule has 2 bridgehead atoms. The Balaban J connectivity index is 1.31. The number of ether oxygens (including phenoxy) is 2. The summed E-state index contributed by atoms with van der Waals surface area (Å²) < 4.78 is 64.4. The van der Waals surface area contributed by atoms with Crippen molar-refractivity contribution in [3.05, 3.63) is 31.2 Å². The number of thiol groups is 2. The van der Waals surface area contributed by atoms with Crippen LogP contribution in [0.5, 0.6) is 0 Å². The van der Waals surface area contributed by atoms with Gasteiger partial charge in [0.2, 0.25) is 0 Å². The third-order valence-electron chi connectivity index (χ3n) is 6.98. The molecule has 2 aliphatic rings. The van der Waals surface area contributed by atoms with Crippen LogP contribution in [0.3, 0.4) is 0 Å². The van der Waals surface area contributed by atoms with Crippen LogP contribution in [0.25, 0.3) is 22.2 Å². The third kappa shape index (κ3) is 6.14. The molecule has 0 aliphatic carbocycles. The number of aliphatic hydroxyl groups excluding tert-OH is 1. The molecule has 22 heteroatoms. The van der Waals surface area contributed by atoms with Gasteiger partial charge in [0, 0.05) is 13.3 Å². The van der Waals surface area contributed by atoms with Gasteiger partial charge in [0.1, 0.15) is 60.2 Å². The summed E-state index contributed by atoms with van der Waals surface area (Å²) in [5, 5.41) is 11.8. The van der Waals surface area contributed by atoms with E-state index >= 15 is 0 Å². The second kappa shape index (κ2) is 11.9. The average Bonchev–Trinajstić information content (AvgIpc) is 3.65. The standard InChI is InChI=1S/C21H27N9O9P2S2/c1-34-12-5-35-41(33,43)39-16-15(31)13(37-21(16)30-9-28-14-18(23)25-8-27-20(14)30)6-36-40(32,42)38-11(12)4-29-3-2-10-17(22)24-7-26-19(10)29/h2-3,7-9,11-13,15-16,21,31H,4-6H2,1H3,(H,32,42)(H,33,43)(H2,22,24,26)(H2,23,25,27)/t11-,12+,13+,15+,16+,21+,40?,41?/m0/s1. The number of anilines is 2. The second-order valence-corrected chi connectivity index (χ2v) is 15.4. The molecule has 4 aromatic rings. The first-order chi connectivity index (χ1) is 20.5. The van der Waals surface area contributed by atoms with Crippen molar-refractivity contribution in [2.75, 3.05) is 31.8 Å². The molecule has 4 aromatic heterocycles. The van der Waals surface area contributed by atoms with Gasteiger partial charge in [-0.15, -0.1) is 0 Å². The van der Waals surface area contributed by atoms with Crippen LogP contribution in [0.2, 0.25) is 0 Å². The summed E-state index contributed by atoms with van der Waals surface area (Å²) in [7, 11) is 1.36. The largest absolute Gasteiger partial charge is 0.387 e. The van der Waals surface area contributed by atoms with E-state index in [4.69, 9.17) is 39.0 Å². The number of aliphatic hydroxyl groups is 1. The predicted molar refractivity (Wildman–Crippen MR) is 157 cm³/mol. The maximum Gasteiger partial charge on any atom is 0.386 e. The van der Waals surface area contributed by atoms with Gasteiger partial charge in [0.15, 0.2) is 17.7 Å². The molecule has 0 spiro atoms. The highest BCUT2D eigenvalue weighted by Crippen LogP contribution is 2.59. The molecule has 232 valence electrons. The van der Waals surface area contributed by atoms with Gasteiger partial charge >= 0.3 is 13.6 Å². The van der Waals surface area contributed by atoms with Gasteiger partial charge in [-0.25, -0.2) is 34.0 Å². The van der Waals surface area contributed by atoms with Gasteiger partial charge in [-0.3, -0.25) is 22.7 Å². The van der Waals surface area contributed by atoms with E-state index in [0.717, 1.165) is 0 Å². The lowest BCUT2D eigenvalue weighted by atomic mass is 10.1. The highest BCUT2D eigenvalue weighted by atomic mass is 32.7. The number of nitrogens with zero attached hydrogens (tertiary/aromatic N) is 7. The Kier molecular flexibility index (Phi) is 8.46. The Bertz CT molecular complexity index is 1740. The van der Waals surface area contributed by atoms with Gasteiger partial charge in [-0.1, -0.05) is 24.5 Å². The van der Waals surface area contributed by atoms with E-state index < -0.39 is 63.6 Å². The van der Waals surface area contributed by atoms with E-state index in [-0.39, 0.29) is 29.3 Å². The molecule has 2 unspecified atom stereocenters. The number of nitrogens with two attached hydrogens (primary N) is 2. The number of methoxy groups -OCH3 is 1. The molecule has 0 amide bonds. The summed E-state index contributed by atoms with van der Waals surface area (Å²) in [5.41, 5.74) is 12.9. The van der Waals surface area contributed by atoms with E-state index in [1.54, 1.807) is 16.8 Å². The molecule has 2 aliphatic heterocycles. The van der Waals surface area contributed by atoms with Crippen molar-refractivity contribution in [3.8, 4) is 0 Å². The minimum atomic E-state index is -4.22. The normalized spacial score (nSPS) is 34.1. The van der Waals surface area contributed by atoms with Crippen LogP contribution in [0.15, 0.2) is 31.2 Å². The quantitative estimate of drug-likeness (QED) is 0.153. The Morgan fingerprint density at radius 1 is 1.02 bits per heavy atom. The van der Waals surface area contributed by atoms with Crippen LogP contribution in [0, 0.1) is 0 Å². The van der Waals surface area contributed by atoms with Crippen molar-refractivity contribution in [2.45, 2.75) is 43.3 Å². The molecule has 6 heterocycles. The molecule has 5 N–H and O–H groups in total. The molecular formula is C21H27N9O9P2S2. The number of rotatable bonds is 4. The molecule has 0 saturated carbocycles. The molecule has 6 rings (SSSR count). The van der Waals surface area contributed by atoms with Crippen LogP contribution in [0.4, 0.5) is 11.6 Å². The summed E-state index contributed by atoms with van der Waals surface area (Å²) in [5.74, 6) is 0.385. The molecule has 2 fully saturated rings. The van der Waals surface area contributed by atoms with Gasteiger partial charge in [-0.05, 0) is 6.07 Å². The first-order valence-electron chi connectivity index (χ1n) is 12.6. The average molecular weight is 676 g/mol. The van der Waals surface area contributed by atoms with Crippen molar-refractivity contribution in [1.82, 2.24) is 34.1 Å². The van der Waals surface area contributed by atoms with Crippen LogP contribution >= 0.6 is 38.1 Å². The summed E-state index contributed by atoms with van der Waals surface area (Å²) in [4.78, 5) is 20.5. The van der Waals surface area contributed by atoms with Crippen molar-refractivity contribution < 1.29 is 41.8 Å². The monoisotopic (exact) mass is 675 g/mol. The Morgan fingerprint density at radius 2 is 1.72 bits per heavy atom. The zero-order chi connectivity index (χ0) is 30.5. The van der Waals surface area contributed by atoms with Crippen molar-refractivity contribution in [3.63, 3.8) is 0 Å². The number of nitrogen functional groups attached to an aromatic ring is 2. The molecule has 8 atom stereocenters. The van der Waals surface area contributed by atoms with Gasteiger partial charge in [0.05, 0.1) is 31.5 Å². The highest BCUT2D eigenvalue weighted by molar-refractivity contribution is 8.44. The van der Waals surface area contributed by atoms with Crippen molar-refractivity contribution >= 4 is 71.9 Å². The fourth-order valence-corrected chi connectivity index (χ4v) is 7.84. The van der Waals surface area contributed by atoms with Crippen LogP contribution in [-0.4, -0.2) is 90.0 Å². The van der Waals surface area contributed by atoms with E-state index in [0.29, 0.717) is 11.0 Å². The Morgan fingerprint density at radius 3 is 2.49 bits per heavy atom. The maximum absolute atomic E-state index is 13.5. The van der Waals surface area contributed by atoms with Gasteiger partial charge in [-0.2, -0.15) is 0 Å². The molecule has 0 radical (unpaired) electrons. The number of imidazole rings is 1. The summed E-state index contributed by atoms with van der Waals surface area (Å²) in [6.45, 7) is -9.21. The zero-order valence-corrected chi connectivity index (χ0v) is 25.8. The van der Waals surface area contributed by atoms with E-state index in [9.17, 15) is 14.2 Å². The summed E-state index contributed by atoms with van der Waals surface area (Å²) in [6, 6.07) is 1.71. The van der Waals surface area contributed by atoms with E-state index in [1.165, 1.54) is 30.7 Å². The minimum absolute atomic E-state index is 0.0133. The lowest BCUT2D eigenvalue weighted by Crippen LogP contribution is -2.37. The molecule has 43 heavy (non-hydrogen) atoms. The van der Waals surface area contributed by atoms with Crippen LogP contribution in [-0.2, 0) is 43.2 Å². The fourth-order valence-electron chi connectivity index (χ4n) is 4.88. The maximum atomic E-state index is 13.5. The van der Waals surface area contributed by atoms with Crippen molar-refractivity contribution in [2.24, 2.45) is 0 Å². The summed E-state index contributed by atoms with van der Waals surface area (Å²) in [6.07, 6.45) is -1.58. The molecular weight excluding hydrogens is 648 g/mol. The topological polar surface area (TPSA) is 236 Å². The smallest absolute Gasteiger partial charge is 0.386 e. The number of aromatic nitrogens is 7. The van der Waals surface area contributed by atoms with Crippen molar-refractivity contribution in [1.29, 1.82) is 0 Å². The SMILES string of the molecule is CO[C@@H]1COP(=O)(S)O[C@@H]2[C@H](O)[C@@H](COP(=O)(S)O[C@H]1Cn1ccc3c(N)ncnc31)O[C@H]2n1cnc2c(N)ncnc21. The fraction of sp³-hybridized carbons (Fsp3) is 0.476. The predicted octanol–water partition coefficient (Wildman–Crippen LogP) is 1.60. The van der Waals surface area contributed by atoms with Crippen LogP contribution in [0.1, 0.15) is 6.23 Å². The zero-order valence-electron chi connectivity index (χ0n) is 22.3. The van der Waals surface area contributed by atoms with E-state index in [2.05, 4.69) is 49.4 Å². The first kappa shape index (κ1) is 30.7. The lowest BCUT2D eigenvalue weighted by molar-refractivity contribution is -0.0599. The number of hydrogen-bond donors (Lipinski definition) is 5. The Labute approximate surface area is 253 Å². The summed E-state index contributed by atoms with van der Waals surface area (Å²) >= 11 is 8.30. The second-order valence-electron chi connectivity index (χ2n) is 9.62. The minimum Gasteiger partial charge on any atom is -0.387 e. The lowest BCUT2D eigenvalue weighted by Gasteiger charge is -2.30.